The average molecular weight is 318 g/mol. The number of unbranched alkanes of at least 4 members (excludes halogenated alkanes) is 2. The molecule has 0 radical (unpaired) electrons. The summed E-state index contributed by atoms with van der Waals surface area (Å²) < 4.78 is 11.4. The van der Waals surface area contributed by atoms with Crippen LogP contribution in [0.25, 0.3) is 10.9 Å². The zero-order valence-electron chi connectivity index (χ0n) is 13.3. The maximum Gasteiger partial charge on any atom is 0.418 e. The normalized spacial score (nSPS) is 10.7. The molecule has 23 heavy (non-hydrogen) atoms. The molecule has 0 aliphatic heterocycles. The Labute approximate surface area is 135 Å². The molecule has 0 aliphatic carbocycles. The molecule has 0 amide bonds. The lowest BCUT2D eigenvalue weighted by molar-refractivity contribution is -0.139. The van der Waals surface area contributed by atoms with Crippen molar-refractivity contribution in [2.45, 2.75) is 25.7 Å². The molecule has 1 aromatic heterocycles. The topological polar surface area (TPSA) is 83.5 Å². The zero-order valence-corrected chi connectivity index (χ0v) is 13.3. The monoisotopic (exact) mass is 318 g/mol. The number of benzene rings is 1. The Morgan fingerprint density at radius 2 is 1.96 bits per heavy atom. The summed E-state index contributed by atoms with van der Waals surface area (Å²) in [7, 11) is 1.34. The maximum absolute atomic E-state index is 12.3. The predicted octanol–water partition coefficient (Wildman–Crippen LogP) is 2.47. The van der Waals surface area contributed by atoms with Gasteiger partial charge >= 0.3 is 12.1 Å². The molecule has 1 aromatic carbocycles. The highest BCUT2D eigenvalue weighted by Gasteiger charge is 2.16. The molecule has 2 aromatic rings. The van der Waals surface area contributed by atoms with Crippen LogP contribution in [0.15, 0.2) is 30.5 Å². The highest BCUT2D eigenvalue weighted by atomic mass is 16.5. The molecule has 0 fully saturated rings. The first-order valence-corrected chi connectivity index (χ1v) is 7.70. The van der Waals surface area contributed by atoms with Crippen molar-refractivity contribution >= 4 is 23.0 Å². The van der Waals surface area contributed by atoms with Gasteiger partial charge in [-0.05, 0) is 37.4 Å². The Morgan fingerprint density at radius 3 is 2.70 bits per heavy atom. The van der Waals surface area contributed by atoms with E-state index in [9.17, 15) is 9.59 Å². The summed E-state index contributed by atoms with van der Waals surface area (Å²) in [6.45, 7) is 1.00. The Balaban J connectivity index is 2.13. The fourth-order valence-corrected chi connectivity index (χ4v) is 2.42. The number of methoxy groups -OCH3 is 1. The van der Waals surface area contributed by atoms with Gasteiger partial charge in [-0.25, -0.2) is 4.79 Å². The number of ether oxygens (including phenoxy) is 2. The molecule has 6 nitrogen and oxygen atoms in total. The number of fused-ring (bicyclic) bond motifs is 1. The molecule has 0 saturated heterocycles. The minimum Gasteiger partial charge on any atom is -0.469 e. The summed E-state index contributed by atoms with van der Waals surface area (Å²) in [6.07, 6.45) is 3.97. The second kappa shape index (κ2) is 8.33. The summed E-state index contributed by atoms with van der Waals surface area (Å²) in [4.78, 5) is 23.8. The van der Waals surface area contributed by atoms with Crippen LogP contribution in [0.5, 0.6) is 0 Å². The molecule has 1 heterocycles. The third kappa shape index (κ3) is 4.32. The van der Waals surface area contributed by atoms with E-state index in [4.69, 9.17) is 15.2 Å². The number of nitrogens with zero attached hydrogens (tertiary/aromatic N) is 1. The molecule has 0 spiro atoms. The van der Waals surface area contributed by atoms with Crippen LogP contribution in [0.2, 0.25) is 0 Å². The Kier molecular flexibility index (Phi) is 6.17. The second-order valence-electron chi connectivity index (χ2n) is 5.26. The largest absolute Gasteiger partial charge is 0.469 e. The molecule has 0 atom stereocenters. The molecule has 124 valence electrons. The van der Waals surface area contributed by atoms with Crippen LogP contribution in [0.1, 0.15) is 24.8 Å². The minimum atomic E-state index is -0.440. The van der Waals surface area contributed by atoms with Crippen LogP contribution in [0.4, 0.5) is 4.79 Å². The molecule has 0 saturated carbocycles. The summed E-state index contributed by atoms with van der Waals surface area (Å²) >= 11 is 0. The van der Waals surface area contributed by atoms with Gasteiger partial charge in [-0.1, -0.05) is 18.2 Å². The summed E-state index contributed by atoms with van der Waals surface area (Å²) in [5, 5.41) is 0.845. The van der Waals surface area contributed by atoms with Gasteiger partial charge in [-0.3, -0.25) is 9.36 Å². The molecule has 0 unspecified atom stereocenters. The van der Waals surface area contributed by atoms with Crippen molar-refractivity contribution in [2.24, 2.45) is 5.73 Å². The van der Waals surface area contributed by atoms with Crippen molar-refractivity contribution in [3.8, 4) is 0 Å². The van der Waals surface area contributed by atoms with Crippen molar-refractivity contribution in [2.75, 3.05) is 20.3 Å². The predicted molar refractivity (Wildman–Crippen MR) is 87.3 cm³/mol. The fraction of sp³-hybridized carbons (Fsp3) is 0.412. The van der Waals surface area contributed by atoms with Crippen LogP contribution >= 0.6 is 0 Å². The summed E-state index contributed by atoms with van der Waals surface area (Å²) in [6, 6.07) is 7.41. The number of nitrogens with two attached hydrogens (primary N) is 1. The highest BCUT2D eigenvalue weighted by molar-refractivity contribution is 5.93. The lowest BCUT2D eigenvalue weighted by atomic mass is 10.1. The van der Waals surface area contributed by atoms with E-state index >= 15 is 0 Å². The van der Waals surface area contributed by atoms with Crippen LogP contribution in [-0.4, -0.2) is 36.9 Å². The minimum absolute atomic E-state index is 0.119. The van der Waals surface area contributed by atoms with Crippen molar-refractivity contribution < 1.29 is 19.1 Å². The number of para-hydroxylation sites is 1. The van der Waals surface area contributed by atoms with E-state index in [1.54, 1.807) is 6.20 Å². The van der Waals surface area contributed by atoms with Crippen molar-refractivity contribution in [1.82, 2.24) is 4.57 Å². The van der Waals surface area contributed by atoms with Gasteiger partial charge in [0.05, 0.1) is 25.7 Å². The Morgan fingerprint density at radius 1 is 1.17 bits per heavy atom. The molecule has 2 rings (SSSR count). The molecular weight excluding hydrogens is 296 g/mol. The Bertz CT molecular complexity index is 678. The van der Waals surface area contributed by atoms with Gasteiger partial charge in [0.25, 0.3) is 0 Å². The van der Waals surface area contributed by atoms with Crippen LogP contribution in [0, 0.1) is 0 Å². The maximum atomic E-state index is 12.3. The summed E-state index contributed by atoms with van der Waals surface area (Å²) in [5.41, 5.74) is 6.89. The average Bonchev–Trinajstić information content (AvgIpc) is 2.93. The van der Waals surface area contributed by atoms with Gasteiger partial charge in [0.1, 0.15) is 0 Å². The van der Waals surface area contributed by atoms with E-state index in [1.807, 2.05) is 24.3 Å². The Hall–Kier alpha value is -2.34. The first kappa shape index (κ1) is 17.0. The van der Waals surface area contributed by atoms with E-state index in [1.165, 1.54) is 11.7 Å². The van der Waals surface area contributed by atoms with E-state index in [0.717, 1.165) is 35.7 Å². The molecule has 6 heteroatoms. The SMILES string of the molecule is COC(=O)Cc1cn(C(=O)OCCCCCN)c2ccccc12. The van der Waals surface area contributed by atoms with E-state index < -0.39 is 6.09 Å². The molecule has 2 N–H and O–H groups in total. The highest BCUT2D eigenvalue weighted by Crippen LogP contribution is 2.22. The number of carbonyl (C=O) groups is 2. The number of carbonyl (C=O) groups excluding carboxylic acids is 2. The van der Waals surface area contributed by atoms with Crippen LogP contribution in [0.3, 0.4) is 0 Å². The van der Waals surface area contributed by atoms with Gasteiger partial charge in [0, 0.05) is 11.6 Å². The molecule has 0 bridgehead atoms. The molecule has 0 aliphatic rings. The van der Waals surface area contributed by atoms with Crippen molar-refractivity contribution in [3.05, 3.63) is 36.0 Å². The zero-order chi connectivity index (χ0) is 16.7. The first-order valence-electron chi connectivity index (χ1n) is 7.70. The lowest BCUT2D eigenvalue weighted by Crippen LogP contribution is -2.13. The number of hydrogen-bond acceptors (Lipinski definition) is 5. The van der Waals surface area contributed by atoms with Crippen LogP contribution in [-0.2, 0) is 20.7 Å². The van der Waals surface area contributed by atoms with Gasteiger partial charge < -0.3 is 15.2 Å². The van der Waals surface area contributed by atoms with E-state index in [0.29, 0.717) is 13.2 Å². The summed E-state index contributed by atoms with van der Waals surface area (Å²) in [5.74, 6) is -0.344. The van der Waals surface area contributed by atoms with Gasteiger partial charge in [-0.15, -0.1) is 0 Å². The third-order valence-corrected chi connectivity index (χ3v) is 3.63. The van der Waals surface area contributed by atoms with Gasteiger partial charge in [-0.2, -0.15) is 0 Å². The fourth-order valence-electron chi connectivity index (χ4n) is 2.42. The number of esters is 1. The third-order valence-electron chi connectivity index (χ3n) is 3.63. The number of aromatic nitrogens is 1. The first-order chi connectivity index (χ1) is 11.2. The van der Waals surface area contributed by atoms with Gasteiger partial charge in [0.15, 0.2) is 0 Å². The van der Waals surface area contributed by atoms with Crippen molar-refractivity contribution in [3.63, 3.8) is 0 Å². The van der Waals surface area contributed by atoms with Gasteiger partial charge in [0.2, 0.25) is 0 Å². The lowest BCUT2D eigenvalue weighted by Gasteiger charge is -2.06. The smallest absolute Gasteiger partial charge is 0.418 e. The number of hydrogen-bond donors (Lipinski definition) is 1. The van der Waals surface area contributed by atoms with Crippen molar-refractivity contribution in [1.29, 1.82) is 0 Å². The van der Waals surface area contributed by atoms with Crippen LogP contribution < -0.4 is 5.73 Å². The van der Waals surface area contributed by atoms with E-state index in [2.05, 4.69) is 0 Å². The number of rotatable bonds is 7. The standard InChI is InChI=1S/C17H22N2O4/c1-22-16(20)11-13-12-19(15-8-4-3-7-14(13)15)17(21)23-10-6-2-5-9-18/h3-4,7-8,12H,2,5-6,9-11,18H2,1H3. The second-order valence-corrected chi connectivity index (χ2v) is 5.26. The van der Waals surface area contributed by atoms with E-state index in [-0.39, 0.29) is 12.4 Å². The molecular formula is C17H22N2O4. The quantitative estimate of drug-likeness (QED) is 0.626.